The van der Waals surface area contributed by atoms with Crippen LogP contribution in [-0.4, -0.2) is 26.9 Å². The maximum absolute atomic E-state index is 12.5. The van der Waals surface area contributed by atoms with Gasteiger partial charge in [0.25, 0.3) is 5.91 Å². The Morgan fingerprint density at radius 2 is 2.10 bits per heavy atom. The van der Waals surface area contributed by atoms with Crippen molar-refractivity contribution in [2.45, 2.75) is 31.8 Å². The number of fused-ring (bicyclic) bond motifs is 1. The van der Waals surface area contributed by atoms with Gasteiger partial charge in [0.2, 0.25) is 0 Å². The summed E-state index contributed by atoms with van der Waals surface area (Å²) < 4.78 is 2.23. The van der Waals surface area contributed by atoms with E-state index in [9.17, 15) is 4.79 Å². The zero-order valence-electron chi connectivity index (χ0n) is 11.3. The van der Waals surface area contributed by atoms with Crippen molar-refractivity contribution < 1.29 is 4.79 Å². The van der Waals surface area contributed by atoms with E-state index in [2.05, 4.69) is 15.6 Å². The Bertz CT molecular complexity index is 657. The summed E-state index contributed by atoms with van der Waals surface area (Å²) in [6, 6.07) is 8.54. The summed E-state index contributed by atoms with van der Waals surface area (Å²) in [5, 5.41) is 0. The quantitative estimate of drug-likeness (QED) is 0.856. The topological polar surface area (TPSA) is 38.1 Å². The molecule has 2 aliphatic rings. The molecular weight excluding hydrogens is 250 g/mol. The van der Waals surface area contributed by atoms with Crippen LogP contribution in [-0.2, 0) is 13.0 Å². The molecule has 1 aromatic carbocycles. The SMILES string of the molecule is O=C1c2ccccc2CCN1Cc1cncn1C1CC1. The van der Waals surface area contributed by atoms with E-state index < -0.39 is 0 Å². The van der Waals surface area contributed by atoms with Crippen molar-refractivity contribution in [3.63, 3.8) is 0 Å². The standard InChI is InChI=1S/C16H17N3O/c20-16-15-4-2-1-3-12(15)7-8-18(16)10-14-9-17-11-19(14)13-5-6-13/h1-4,9,11,13H,5-8,10H2. The molecule has 0 radical (unpaired) electrons. The van der Waals surface area contributed by atoms with Gasteiger partial charge in [0.05, 0.1) is 18.6 Å². The van der Waals surface area contributed by atoms with Crippen molar-refractivity contribution in [2.75, 3.05) is 6.54 Å². The molecule has 1 aliphatic carbocycles. The number of carbonyl (C=O) groups excluding carboxylic acids is 1. The lowest BCUT2D eigenvalue weighted by molar-refractivity contribution is 0.0723. The first-order chi connectivity index (χ1) is 9.83. The molecule has 2 heterocycles. The molecule has 2 aromatic rings. The number of hydrogen-bond donors (Lipinski definition) is 0. The molecule has 0 bridgehead atoms. The van der Waals surface area contributed by atoms with Crippen LogP contribution in [0.1, 0.15) is 40.5 Å². The van der Waals surface area contributed by atoms with E-state index in [1.807, 2.05) is 35.6 Å². The normalized spacial score (nSPS) is 18.2. The van der Waals surface area contributed by atoms with Crippen molar-refractivity contribution in [2.24, 2.45) is 0 Å². The molecule has 0 spiro atoms. The van der Waals surface area contributed by atoms with Crippen LogP contribution in [0.4, 0.5) is 0 Å². The zero-order valence-corrected chi connectivity index (χ0v) is 11.3. The number of benzene rings is 1. The Kier molecular flexibility index (Phi) is 2.62. The van der Waals surface area contributed by atoms with E-state index in [-0.39, 0.29) is 5.91 Å². The van der Waals surface area contributed by atoms with E-state index in [1.165, 1.54) is 18.4 Å². The maximum atomic E-state index is 12.5. The third kappa shape index (κ3) is 1.92. The number of carbonyl (C=O) groups is 1. The second-order valence-corrected chi connectivity index (χ2v) is 5.66. The van der Waals surface area contributed by atoms with Crippen LogP contribution in [0, 0.1) is 0 Å². The van der Waals surface area contributed by atoms with Crippen LogP contribution in [0.25, 0.3) is 0 Å². The zero-order chi connectivity index (χ0) is 13.5. The Hall–Kier alpha value is -2.10. The molecule has 1 aliphatic heterocycles. The van der Waals surface area contributed by atoms with Crippen molar-refractivity contribution in [1.82, 2.24) is 14.5 Å². The minimum absolute atomic E-state index is 0.149. The Balaban J connectivity index is 1.58. The van der Waals surface area contributed by atoms with Gasteiger partial charge in [0.1, 0.15) is 0 Å². The van der Waals surface area contributed by atoms with E-state index in [0.717, 1.165) is 24.2 Å². The highest BCUT2D eigenvalue weighted by molar-refractivity contribution is 5.96. The minimum Gasteiger partial charge on any atom is -0.332 e. The Labute approximate surface area is 118 Å². The fourth-order valence-electron chi connectivity index (χ4n) is 2.96. The monoisotopic (exact) mass is 267 g/mol. The van der Waals surface area contributed by atoms with Gasteiger partial charge in [-0.25, -0.2) is 4.98 Å². The molecule has 102 valence electrons. The second-order valence-electron chi connectivity index (χ2n) is 5.66. The molecule has 20 heavy (non-hydrogen) atoms. The van der Waals surface area contributed by atoms with Crippen LogP contribution in [0.2, 0.25) is 0 Å². The van der Waals surface area contributed by atoms with Crippen LogP contribution >= 0.6 is 0 Å². The van der Waals surface area contributed by atoms with Gasteiger partial charge >= 0.3 is 0 Å². The van der Waals surface area contributed by atoms with Crippen molar-refractivity contribution in [1.29, 1.82) is 0 Å². The first-order valence-corrected chi connectivity index (χ1v) is 7.21. The van der Waals surface area contributed by atoms with Crippen LogP contribution in [0.3, 0.4) is 0 Å². The van der Waals surface area contributed by atoms with Gasteiger partial charge in [-0.2, -0.15) is 0 Å². The molecule has 4 rings (SSSR count). The summed E-state index contributed by atoms with van der Waals surface area (Å²) in [5.41, 5.74) is 3.18. The first kappa shape index (κ1) is 11.7. The fourth-order valence-corrected chi connectivity index (χ4v) is 2.96. The third-order valence-corrected chi connectivity index (χ3v) is 4.23. The lowest BCUT2D eigenvalue weighted by atomic mass is 9.99. The highest BCUT2D eigenvalue weighted by atomic mass is 16.2. The maximum Gasteiger partial charge on any atom is 0.254 e. The van der Waals surface area contributed by atoms with Gasteiger partial charge in [0.15, 0.2) is 0 Å². The summed E-state index contributed by atoms with van der Waals surface area (Å²) in [5.74, 6) is 0.149. The van der Waals surface area contributed by atoms with Crippen molar-refractivity contribution in [3.8, 4) is 0 Å². The number of rotatable bonds is 3. The van der Waals surface area contributed by atoms with Gasteiger partial charge in [-0.1, -0.05) is 18.2 Å². The molecule has 0 atom stereocenters. The molecule has 1 aromatic heterocycles. The third-order valence-electron chi connectivity index (χ3n) is 4.23. The van der Waals surface area contributed by atoms with Crippen LogP contribution in [0.5, 0.6) is 0 Å². The molecule has 1 amide bonds. The minimum atomic E-state index is 0.149. The molecule has 0 N–H and O–H groups in total. The lowest BCUT2D eigenvalue weighted by Crippen LogP contribution is -2.37. The summed E-state index contributed by atoms with van der Waals surface area (Å²) in [4.78, 5) is 18.7. The average molecular weight is 267 g/mol. The van der Waals surface area contributed by atoms with E-state index in [1.54, 1.807) is 0 Å². The number of nitrogens with zero attached hydrogens (tertiary/aromatic N) is 3. The van der Waals surface area contributed by atoms with E-state index in [4.69, 9.17) is 0 Å². The largest absolute Gasteiger partial charge is 0.332 e. The van der Waals surface area contributed by atoms with Crippen LogP contribution < -0.4 is 0 Å². The number of amides is 1. The predicted octanol–water partition coefficient (Wildman–Crippen LogP) is 2.42. The van der Waals surface area contributed by atoms with Gasteiger partial charge in [-0.05, 0) is 30.9 Å². The van der Waals surface area contributed by atoms with E-state index in [0.29, 0.717) is 12.6 Å². The molecule has 1 fully saturated rings. The number of imidazole rings is 1. The van der Waals surface area contributed by atoms with Crippen molar-refractivity contribution >= 4 is 5.91 Å². The highest BCUT2D eigenvalue weighted by Gasteiger charge is 2.28. The summed E-state index contributed by atoms with van der Waals surface area (Å²) >= 11 is 0. The van der Waals surface area contributed by atoms with Gasteiger partial charge in [-0.3, -0.25) is 4.79 Å². The summed E-state index contributed by atoms with van der Waals surface area (Å²) in [6.07, 6.45) is 7.21. The molecule has 4 nitrogen and oxygen atoms in total. The molecule has 4 heteroatoms. The molecule has 1 saturated carbocycles. The Morgan fingerprint density at radius 1 is 1.25 bits per heavy atom. The van der Waals surface area contributed by atoms with Crippen LogP contribution in [0.15, 0.2) is 36.8 Å². The molecule has 0 unspecified atom stereocenters. The number of hydrogen-bond acceptors (Lipinski definition) is 2. The molecular formula is C16H17N3O. The summed E-state index contributed by atoms with van der Waals surface area (Å²) in [7, 11) is 0. The first-order valence-electron chi connectivity index (χ1n) is 7.21. The molecule has 0 saturated heterocycles. The predicted molar refractivity (Wildman–Crippen MR) is 75.4 cm³/mol. The fraction of sp³-hybridized carbons (Fsp3) is 0.375. The second kappa shape index (κ2) is 4.47. The lowest BCUT2D eigenvalue weighted by Gasteiger charge is -2.28. The average Bonchev–Trinajstić information content (AvgIpc) is 3.22. The Morgan fingerprint density at radius 3 is 2.95 bits per heavy atom. The smallest absolute Gasteiger partial charge is 0.254 e. The van der Waals surface area contributed by atoms with Crippen molar-refractivity contribution in [3.05, 3.63) is 53.6 Å². The van der Waals surface area contributed by atoms with E-state index >= 15 is 0 Å². The van der Waals surface area contributed by atoms with Gasteiger partial charge in [0, 0.05) is 24.3 Å². The number of aromatic nitrogens is 2. The van der Waals surface area contributed by atoms with Gasteiger partial charge in [-0.15, -0.1) is 0 Å². The van der Waals surface area contributed by atoms with Gasteiger partial charge < -0.3 is 9.47 Å². The highest BCUT2D eigenvalue weighted by Crippen LogP contribution is 2.36. The summed E-state index contributed by atoms with van der Waals surface area (Å²) in [6.45, 7) is 1.47.